The highest BCUT2D eigenvalue weighted by atomic mass is 16.4. The largest absolute Gasteiger partial charge is 0.481 e. The van der Waals surface area contributed by atoms with Crippen molar-refractivity contribution in [2.24, 2.45) is 0 Å². The number of aromatic amines is 1. The quantitative estimate of drug-likeness (QED) is 0.790. The molecule has 0 saturated heterocycles. The van der Waals surface area contributed by atoms with Crippen molar-refractivity contribution in [2.75, 3.05) is 0 Å². The summed E-state index contributed by atoms with van der Waals surface area (Å²) in [7, 11) is 0. The summed E-state index contributed by atoms with van der Waals surface area (Å²) in [5.74, 6) is 0.0482. The summed E-state index contributed by atoms with van der Waals surface area (Å²) in [4.78, 5) is 21.7. The summed E-state index contributed by atoms with van der Waals surface area (Å²) in [6, 6.07) is 1.83. The Bertz CT molecular complexity index is 445. The Balaban J connectivity index is 2.05. The molecule has 0 spiro atoms. The monoisotopic (exact) mass is 205 g/mol. The van der Waals surface area contributed by atoms with E-state index in [9.17, 15) is 4.79 Å². The number of aromatic nitrogens is 3. The van der Waals surface area contributed by atoms with Gasteiger partial charge in [0.1, 0.15) is 5.82 Å². The fourth-order valence-electron chi connectivity index (χ4n) is 1.44. The molecule has 0 unspecified atom stereocenters. The van der Waals surface area contributed by atoms with Crippen molar-refractivity contribution in [3.05, 3.63) is 24.3 Å². The van der Waals surface area contributed by atoms with E-state index >= 15 is 0 Å². The number of hydrogen-bond donors (Lipinski definition) is 2. The number of hydrogen-bond acceptors (Lipinski definition) is 3. The smallest absolute Gasteiger partial charge is 0.303 e. The van der Waals surface area contributed by atoms with E-state index in [0.717, 1.165) is 16.9 Å². The molecule has 5 nitrogen and oxygen atoms in total. The van der Waals surface area contributed by atoms with Gasteiger partial charge in [0.2, 0.25) is 0 Å². The Kier molecular flexibility index (Phi) is 2.62. The number of rotatable bonds is 4. The zero-order valence-electron chi connectivity index (χ0n) is 8.10. The van der Waals surface area contributed by atoms with Crippen molar-refractivity contribution < 1.29 is 9.90 Å². The number of carboxylic acids is 1. The lowest BCUT2D eigenvalue weighted by atomic mass is 10.2. The van der Waals surface area contributed by atoms with Crippen LogP contribution >= 0.6 is 0 Å². The molecule has 2 N–H and O–H groups in total. The first kappa shape index (κ1) is 9.64. The average molecular weight is 205 g/mol. The van der Waals surface area contributed by atoms with E-state index in [1.165, 1.54) is 0 Å². The molecule has 0 atom stereocenters. The first-order valence-corrected chi connectivity index (χ1v) is 4.76. The number of pyridine rings is 1. The maximum Gasteiger partial charge on any atom is 0.303 e. The van der Waals surface area contributed by atoms with Crippen LogP contribution in [-0.2, 0) is 11.2 Å². The van der Waals surface area contributed by atoms with E-state index in [1.807, 2.05) is 6.07 Å². The van der Waals surface area contributed by atoms with Gasteiger partial charge < -0.3 is 10.1 Å². The summed E-state index contributed by atoms with van der Waals surface area (Å²) < 4.78 is 0. The Hall–Kier alpha value is -1.91. The Labute approximate surface area is 86.2 Å². The van der Waals surface area contributed by atoms with Crippen LogP contribution in [0.5, 0.6) is 0 Å². The van der Waals surface area contributed by atoms with Crippen LogP contribution < -0.4 is 0 Å². The molecule has 0 saturated carbocycles. The van der Waals surface area contributed by atoms with Crippen LogP contribution in [0.1, 0.15) is 18.7 Å². The highest BCUT2D eigenvalue weighted by molar-refractivity contribution is 5.73. The molecule has 0 radical (unpaired) electrons. The van der Waals surface area contributed by atoms with Gasteiger partial charge in [0.05, 0.1) is 17.2 Å². The van der Waals surface area contributed by atoms with Gasteiger partial charge in [-0.05, 0) is 12.5 Å². The number of carboxylic acid groups (broad SMARTS) is 1. The summed E-state index contributed by atoms with van der Waals surface area (Å²) in [6.45, 7) is 0. The van der Waals surface area contributed by atoms with Crippen LogP contribution in [0.25, 0.3) is 11.0 Å². The number of nitrogens with zero attached hydrogens (tertiary/aromatic N) is 2. The highest BCUT2D eigenvalue weighted by Crippen LogP contribution is 2.10. The molecule has 2 aromatic heterocycles. The SMILES string of the molecule is O=C(O)CCCc1nc2ccncc2[nH]1. The summed E-state index contributed by atoms with van der Waals surface area (Å²) >= 11 is 0. The van der Waals surface area contributed by atoms with Gasteiger partial charge in [-0.1, -0.05) is 0 Å². The van der Waals surface area contributed by atoms with Crippen molar-refractivity contribution in [1.29, 1.82) is 0 Å². The minimum atomic E-state index is -0.771. The fourth-order valence-corrected chi connectivity index (χ4v) is 1.44. The van der Waals surface area contributed by atoms with Crippen molar-refractivity contribution in [3.8, 4) is 0 Å². The van der Waals surface area contributed by atoms with Gasteiger partial charge in [0, 0.05) is 19.0 Å². The minimum absolute atomic E-state index is 0.176. The second-order valence-corrected chi connectivity index (χ2v) is 3.32. The number of carbonyl (C=O) groups is 1. The lowest BCUT2D eigenvalue weighted by Gasteiger charge is -1.92. The number of nitrogens with one attached hydrogen (secondary N) is 1. The first-order chi connectivity index (χ1) is 7.25. The molecule has 2 aromatic rings. The molecule has 5 heteroatoms. The van der Waals surface area contributed by atoms with Gasteiger partial charge >= 0.3 is 5.97 Å². The fraction of sp³-hybridized carbons (Fsp3) is 0.300. The zero-order valence-corrected chi connectivity index (χ0v) is 8.10. The predicted molar refractivity (Wildman–Crippen MR) is 54.5 cm³/mol. The second kappa shape index (κ2) is 4.08. The van der Waals surface area contributed by atoms with Gasteiger partial charge in [0.25, 0.3) is 0 Å². The topological polar surface area (TPSA) is 78.9 Å². The molecule has 2 heterocycles. The molecule has 0 bridgehead atoms. The minimum Gasteiger partial charge on any atom is -0.481 e. The highest BCUT2D eigenvalue weighted by Gasteiger charge is 2.03. The third-order valence-corrected chi connectivity index (χ3v) is 2.14. The molecule has 0 aliphatic carbocycles. The van der Waals surface area contributed by atoms with Gasteiger partial charge in [-0.25, -0.2) is 4.98 Å². The molecular formula is C10H11N3O2. The number of H-pyrrole nitrogens is 1. The third-order valence-electron chi connectivity index (χ3n) is 2.14. The maximum atomic E-state index is 10.3. The van der Waals surface area contributed by atoms with Gasteiger partial charge in [-0.2, -0.15) is 0 Å². The van der Waals surface area contributed by atoms with Crippen LogP contribution in [0.4, 0.5) is 0 Å². The lowest BCUT2D eigenvalue weighted by molar-refractivity contribution is -0.137. The Morgan fingerprint density at radius 2 is 2.40 bits per heavy atom. The number of fused-ring (bicyclic) bond motifs is 1. The summed E-state index contributed by atoms with van der Waals surface area (Å²) in [6.07, 6.45) is 4.83. The maximum absolute atomic E-state index is 10.3. The van der Waals surface area contributed by atoms with Gasteiger partial charge in [-0.3, -0.25) is 9.78 Å². The third kappa shape index (κ3) is 2.31. The van der Waals surface area contributed by atoms with E-state index in [0.29, 0.717) is 12.8 Å². The van der Waals surface area contributed by atoms with Crippen molar-refractivity contribution in [3.63, 3.8) is 0 Å². The zero-order chi connectivity index (χ0) is 10.7. The second-order valence-electron chi connectivity index (χ2n) is 3.32. The van der Waals surface area contributed by atoms with Crippen LogP contribution in [0.2, 0.25) is 0 Å². The lowest BCUT2D eigenvalue weighted by Crippen LogP contribution is -1.96. The molecule has 0 fully saturated rings. The first-order valence-electron chi connectivity index (χ1n) is 4.76. The Morgan fingerprint density at radius 1 is 1.53 bits per heavy atom. The molecule has 15 heavy (non-hydrogen) atoms. The van der Waals surface area contributed by atoms with Crippen LogP contribution in [0, 0.1) is 0 Å². The molecule has 0 aliphatic heterocycles. The average Bonchev–Trinajstić information content (AvgIpc) is 2.59. The van der Waals surface area contributed by atoms with Gasteiger partial charge in [-0.15, -0.1) is 0 Å². The van der Waals surface area contributed by atoms with E-state index < -0.39 is 5.97 Å². The molecule has 0 aliphatic rings. The molecule has 0 aromatic carbocycles. The van der Waals surface area contributed by atoms with E-state index in [-0.39, 0.29) is 6.42 Å². The van der Waals surface area contributed by atoms with Crippen molar-refractivity contribution in [2.45, 2.75) is 19.3 Å². The van der Waals surface area contributed by atoms with E-state index in [1.54, 1.807) is 12.4 Å². The van der Waals surface area contributed by atoms with Crippen LogP contribution in [-0.4, -0.2) is 26.0 Å². The number of imidazole rings is 1. The number of aliphatic carboxylic acids is 1. The van der Waals surface area contributed by atoms with E-state index in [4.69, 9.17) is 5.11 Å². The van der Waals surface area contributed by atoms with Gasteiger partial charge in [0.15, 0.2) is 0 Å². The normalized spacial score (nSPS) is 10.7. The summed E-state index contributed by atoms with van der Waals surface area (Å²) in [5.41, 5.74) is 1.76. The Morgan fingerprint density at radius 3 is 3.13 bits per heavy atom. The molecule has 0 amide bonds. The summed E-state index contributed by atoms with van der Waals surface area (Å²) in [5, 5.41) is 8.49. The molecular weight excluding hydrogens is 194 g/mol. The predicted octanol–water partition coefficient (Wildman–Crippen LogP) is 1.37. The van der Waals surface area contributed by atoms with Crippen molar-refractivity contribution in [1.82, 2.24) is 15.0 Å². The van der Waals surface area contributed by atoms with E-state index in [2.05, 4.69) is 15.0 Å². The van der Waals surface area contributed by atoms with Crippen LogP contribution in [0.3, 0.4) is 0 Å². The standard InChI is InChI=1S/C10H11N3O2/c14-10(15)3-1-2-9-12-7-4-5-11-6-8(7)13-9/h4-6H,1-3H2,(H,12,13)(H,14,15). The van der Waals surface area contributed by atoms with Crippen LogP contribution in [0.15, 0.2) is 18.5 Å². The van der Waals surface area contributed by atoms with Crippen molar-refractivity contribution >= 4 is 17.0 Å². The number of aryl methyl sites for hydroxylation is 1. The molecule has 78 valence electrons. The molecule has 2 rings (SSSR count).